The Balaban J connectivity index is 1.62. The van der Waals surface area contributed by atoms with E-state index in [4.69, 9.17) is 4.52 Å². The maximum atomic E-state index is 12.6. The molecule has 8 nitrogen and oxygen atoms in total. The Hall–Kier alpha value is -3.46. The number of pyridine rings is 1. The molecule has 0 spiro atoms. The van der Waals surface area contributed by atoms with Gasteiger partial charge in [-0.3, -0.25) is 19.7 Å². The molecule has 4 rings (SSSR count). The molecule has 33 heavy (non-hydrogen) atoms. The third-order valence-corrected chi connectivity index (χ3v) is 6.00. The molecule has 0 saturated heterocycles. The minimum Gasteiger partial charge on any atom is -0.338 e. The van der Waals surface area contributed by atoms with Crippen LogP contribution in [0.15, 0.2) is 64.5 Å². The molecule has 3 heterocycles. The summed E-state index contributed by atoms with van der Waals surface area (Å²) in [5.74, 6) is 1.48. The predicted octanol–water partition coefficient (Wildman–Crippen LogP) is 5.29. The normalized spacial score (nSPS) is 11.3. The Morgan fingerprint density at radius 3 is 2.61 bits per heavy atom. The number of nitrogens with one attached hydrogen (secondary N) is 1. The molecule has 1 amide bonds. The van der Waals surface area contributed by atoms with Gasteiger partial charge in [-0.1, -0.05) is 62.8 Å². The highest BCUT2D eigenvalue weighted by molar-refractivity contribution is 7.99. The van der Waals surface area contributed by atoms with Crippen LogP contribution in [0.5, 0.6) is 0 Å². The van der Waals surface area contributed by atoms with E-state index in [9.17, 15) is 4.79 Å². The third kappa shape index (κ3) is 5.14. The standard InChI is InChI=1S/C24H26N6O2S/c1-15(2)18-9-5-6-10-20(18)30-23(17-8-7-11-25-13-17)27-28-24(30)33-14-21(31)26-22-12-19(16(3)4)29-32-22/h5-13,15-16H,14H2,1-4H3,(H,26,31). The summed E-state index contributed by atoms with van der Waals surface area (Å²) in [7, 11) is 0. The van der Waals surface area contributed by atoms with Crippen LogP contribution in [-0.2, 0) is 4.79 Å². The largest absolute Gasteiger partial charge is 0.338 e. The first-order valence-corrected chi connectivity index (χ1v) is 11.8. The second-order valence-electron chi connectivity index (χ2n) is 8.20. The highest BCUT2D eigenvalue weighted by atomic mass is 32.2. The lowest BCUT2D eigenvalue weighted by Gasteiger charge is -2.16. The van der Waals surface area contributed by atoms with E-state index in [1.807, 2.05) is 48.7 Å². The van der Waals surface area contributed by atoms with E-state index in [0.717, 1.165) is 22.5 Å². The van der Waals surface area contributed by atoms with Gasteiger partial charge in [0.05, 0.1) is 17.1 Å². The van der Waals surface area contributed by atoms with Crippen LogP contribution in [0.2, 0.25) is 0 Å². The summed E-state index contributed by atoms with van der Waals surface area (Å²) in [6.07, 6.45) is 3.48. The van der Waals surface area contributed by atoms with Crippen molar-refractivity contribution in [2.24, 2.45) is 0 Å². The Kier molecular flexibility index (Phi) is 6.88. The van der Waals surface area contributed by atoms with E-state index in [1.54, 1.807) is 18.5 Å². The number of hydrogen-bond donors (Lipinski definition) is 1. The third-order valence-electron chi connectivity index (χ3n) is 5.07. The summed E-state index contributed by atoms with van der Waals surface area (Å²) < 4.78 is 7.21. The number of carbonyl (C=O) groups excluding carboxylic acids is 1. The summed E-state index contributed by atoms with van der Waals surface area (Å²) in [5, 5.41) is 16.2. The molecule has 0 atom stereocenters. The van der Waals surface area contributed by atoms with E-state index < -0.39 is 0 Å². The zero-order valence-electron chi connectivity index (χ0n) is 19.0. The second-order valence-corrected chi connectivity index (χ2v) is 9.15. The minimum absolute atomic E-state index is 0.146. The summed E-state index contributed by atoms with van der Waals surface area (Å²) in [6, 6.07) is 13.7. The first-order valence-electron chi connectivity index (χ1n) is 10.8. The van der Waals surface area contributed by atoms with Gasteiger partial charge in [0.1, 0.15) is 0 Å². The highest BCUT2D eigenvalue weighted by Gasteiger charge is 2.20. The molecule has 9 heteroatoms. The maximum absolute atomic E-state index is 12.6. The van der Waals surface area contributed by atoms with Gasteiger partial charge in [-0.2, -0.15) is 0 Å². The fourth-order valence-electron chi connectivity index (χ4n) is 3.37. The van der Waals surface area contributed by atoms with Gasteiger partial charge in [0.15, 0.2) is 11.0 Å². The Labute approximate surface area is 196 Å². The van der Waals surface area contributed by atoms with E-state index in [-0.39, 0.29) is 17.6 Å². The van der Waals surface area contributed by atoms with Crippen molar-refractivity contribution < 1.29 is 9.32 Å². The monoisotopic (exact) mass is 462 g/mol. The average molecular weight is 463 g/mol. The number of anilines is 1. The summed E-state index contributed by atoms with van der Waals surface area (Å²) in [6.45, 7) is 8.33. The maximum Gasteiger partial charge on any atom is 0.237 e. The summed E-state index contributed by atoms with van der Waals surface area (Å²) in [5.41, 5.74) is 3.79. The fourth-order valence-corrected chi connectivity index (χ4v) is 4.11. The Bertz CT molecular complexity index is 1230. The number of para-hydroxylation sites is 1. The zero-order chi connectivity index (χ0) is 23.4. The lowest BCUT2D eigenvalue weighted by Crippen LogP contribution is -2.14. The van der Waals surface area contributed by atoms with Crippen molar-refractivity contribution in [3.05, 3.63) is 66.1 Å². The predicted molar refractivity (Wildman–Crippen MR) is 129 cm³/mol. The van der Waals surface area contributed by atoms with Crippen LogP contribution in [0.4, 0.5) is 5.88 Å². The lowest BCUT2D eigenvalue weighted by molar-refractivity contribution is -0.113. The number of nitrogens with zero attached hydrogens (tertiary/aromatic N) is 5. The topological polar surface area (TPSA) is 98.7 Å². The Morgan fingerprint density at radius 2 is 1.91 bits per heavy atom. The molecule has 1 N–H and O–H groups in total. The van der Waals surface area contributed by atoms with Crippen molar-refractivity contribution in [2.45, 2.75) is 44.7 Å². The van der Waals surface area contributed by atoms with Crippen molar-refractivity contribution >= 4 is 23.6 Å². The molecule has 3 aromatic heterocycles. The van der Waals surface area contributed by atoms with Gasteiger partial charge >= 0.3 is 0 Å². The first-order chi connectivity index (χ1) is 15.9. The molecule has 1 aromatic carbocycles. The van der Waals surface area contributed by atoms with Crippen molar-refractivity contribution in [1.82, 2.24) is 24.9 Å². The minimum atomic E-state index is -0.207. The Morgan fingerprint density at radius 1 is 1.09 bits per heavy atom. The molecule has 0 bridgehead atoms. The van der Waals surface area contributed by atoms with Crippen LogP contribution in [0.1, 0.15) is 50.8 Å². The van der Waals surface area contributed by atoms with Gasteiger partial charge in [-0.05, 0) is 35.6 Å². The zero-order valence-corrected chi connectivity index (χ0v) is 19.8. The number of thioether (sulfide) groups is 1. The first kappa shape index (κ1) is 22.7. The van der Waals surface area contributed by atoms with Crippen LogP contribution >= 0.6 is 11.8 Å². The second kappa shape index (κ2) is 9.99. The van der Waals surface area contributed by atoms with Gasteiger partial charge < -0.3 is 4.52 Å². The molecule has 0 radical (unpaired) electrons. The van der Waals surface area contributed by atoms with Crippen LogP contribution in [-0.4, -0.2) is 36.6 Å². The quantitative estimate of drug-likeness (QED) is 0.355. The average Bonchev–Trinajstić information content (AvgIpc) is 3.45. The van der Waals surface area contributed by atoms with Gasteiger partial charge in [-0.15, -0.1) is 10.2 Å². The molecular formula is C24H26N6O2S. The molecule has 0 aliphatic carbocycles. The van der Waals surface area contributed by atoms with E-state index >= 15 is 0 Å². The van der Waals surface area contributed by atoms with Gasteiger partial charge in [0.25, 0.3) is 0 Å². The number of aromatic nitrogens is 5. The smallest absolute Gasteiger partial charge is 0.237 e. The number of hydrogen-bond acceptors (Lipinski definition) is 7. The number of benzene rings is 1. The molecule has 0 unspecified atom stereocenters. The van der Waals surface area contributed by atoms with Crippen LogP contribution < -0.4 is 5.32 Å². The molecular weight excluding hydrogens is 436 g/mol. The summed E-state index contributed by atoms with van der Waals surface area (Å²) in [4.78, 5) is 16.8. The van der Waals surface area contributed by atoms with E-state index in [0.29, 0.717) is 22.8 Å². The van der Waals surface area contributed by atoms with Crippen molar-refractivity contribution in [3.63, 3.8) is 0 Å². The molecule has 0 fully saturated rings. The molecule has 0 aliphatic heterocycles. The van der Waals surface area contributed by atoms with Crippen LogP contribution in [0, 0.1) is 0 Å². The lowest BCUT2D eigenvalue weighted by atomic mass is 10.0. The van der Waals surface area contributed by atoms with E-state index in [1.165, 1.54) is 11.8 Å². The van der Waals surface area contributed by atoms with Crippen molar-refractivity contribution in [1.29, 1.82) is 0 Å². The highest BCUT2D eigenvalue weighted by Crippen LogP contribution is 2.32. The van der Waals surface area contributed by atoms with E-state index in [2.05, 4.69) is 45.6 Å². The molecule has 0 saturated carbocycles. The molecule has 170 valence electrons. The van der Waals surface area contributed by atoms with Crippen molar-refractivity contribution in [3.8, 4) is 17.1 Å². The number of amides is 1. The number of carbonyl (C=O) groups is 1. The van der Waals surface area contributed by atoms with Gasteiger partial charge in [0, 0.05) is 24.0 Å². The van der Waals surface area contributed by atoms with Gasteiger partial charge in [-0.25, -0.2) is 0 Å². The van der Waals surface area contributed by atoms with Crippen LogP contribution in [0.3, 0.4) is 0 Å². The van der Waals surface area contributed by atoms with Gasteiger partial charge in [0.2, 0.25) is 11.8 Å². The summed E-state index contributed by atoms with van der Waals surface area (Å²) >= 11 is 1.31. The molecule has 4 aromatic rings. The van der Waals surface area contributed by atoms with Crippen molar-refractivity contribution in [2.75, 3.05) is 11.1 Å². The number of rotatable bonds is 8. The fraction of sp³-hybridized carbons (Fsp3) is 0.292. The van der Waals surface area contributed by atoms with Crippen LogP contribution in [0.25, 0.3) is 17.1 Å². The SMILES string of the molecule is CC(C)c1cc(NC(=O)CSc2nnc(-c3cccnc3)n2-c2ccccc2C(C)C)on1. The molecule has 0 aliphatic rings.